The number of aldehydes is 1. The molecule has 0 aliphatic heterocycles. The fourth-order valence-electron chi connectivity index (χ4n) is 3.05. The standard InChI is InChI=1S/C11H10O3S.C11H8O/c1-8-6-7-9-4-2-3-5-10(9)11(8)15(12,13)14;12-8-10-6-3-5-9-4-1-2-7-11(9)10/h2-7H,1H3,(H,12,13,14);1-8H. The highest BCUT2D eigenvalue weighted by molar-refractivity contribution is 7.86. The maximum absolute atomic E-state index is 11.2. The number of hydrogen-bond acceptors (Lipinski definition) is 3. The molecule has 4 aromatic rings. The molecule has 0 bridgehead atoms. The molecule has 0 heterocycles. The lowest BCUT2D eigenvalue weighted by atomic mass is 10.1. The number of carbonyl (C=O) groups is 1. The summed E-state index contributed by atoms with van der Waals surface area (Å²) >= 11 is 0. The van der Waals surface area contributed by atoms with Crippen LogP contribution < -0.4 is 0 Å². The van der Waals surface area contributed by atoms with Crippen LogP contribution in [0.2, 0.25) is 0 Å². The Balaban J connectivity index is 0.000000159. The van der Waals surface area contributed by atoms with Gasteiger partial charge < -0.3 is 0 Å². The highest BCUT2D eigenvalue weighted by Crippen LogP contribution is 2.25. The maximum Gasteiger partial charge on any atom is 0.295 e. The molecule has 0 unspecified atom stereocenters. The lowest BCUT2D eigenvalue weighted by molar-refractivity contribution is 0.112. The second-order valence-electron chi connectivity index (χ2n) is 6.09. The molecule has 0 fully saturated rings. The Labute approximate surface area is 157 Å². The number of fused-ring (bicyclic) bond motifs is 2. The highest BCUT2D eigenvalue weighted by Gasteiger charge is 2.16. The van der Waals surface area contributed by atoms with Crippen LogP contribution in [0.4, 0.5) is 0 Å². The van der Waals surface area contributed by atoms with Crippen molar-refractivity contribution in [2.45, 2.75) is 11.8 Å². The van der Waals surface area contributed by atoms with Crippen LogP contribution >= 0.6 is 0 Å². The zero-order valence-electron chi connectivity index (χ0n) is 14.7. The average Bonchev–Trinajstić information content (AvgIpc) is 2.67. The molecule has 0 amide bonds. The SMILES string of the molecule is Cc1ccc2ccccc2c1S(=O)(=O)O.O=Cc1cccc2ccccc12. The molecule has 0 atom stereocenters. The van der Waals surface area contributed by atoms with Gasteiger partial charge in [0.15, 0.2) is 6.29 Å². The van der Waals surface area contributed by atoms with Crippen molar-refractivity contribution in [1.29, 1.82) is 0 Å². The van der Waals surface area contributed by atoms with Gasteiger partial charge in [0, 0.05) is 10.9 Å². The Hall–Kier alpha value is -3.02. The third-order valence-electron chi connectivity index (χ3n) is 4.28. The van der Waals surface area contributed by atoms with Gasteiger partial charge in [-0.05, 0) is 28.6 Å². The van der Waals surface area contributed by atoms with Gasteiger partial charge in [0.05, 0.1) is 0 Å². The van der Waals surface area contributed by atoms with E-state index in [2.05, 4.69) is 0 Å². The van der Waals surface area contributed by atoms with Gasteiger partial charge in [0.25, 0.3) is 10.1 Å². The molecule has 1 N–H and O–H groups in total. The fraction of sp³-hybridized carbons (Fsp3) is 0.0455. The first-order valence-electron chi connectivity index (χ1n) is 8.30. The van der Waals surface area contributed by atoms with Crippen molar-refractivity contribution in [2.75, 3.05) is 0 Å². The van der Waals surface area contributed by atoms with E-state index in [4.69, 9.17) is 4.55 Å². The molecule has 4 nitrogen and oxygen atoms in total. The monoisotopic (exact) mass is 378 g/mol. The van der Waals surface area contributed by atoms with Gasteiger partial charge in [-0.3, -0.25) is 9.35 Å². The third kappa shape index (κ3) is 4.05. The van der Waals surface area contributed by atoms with Gasteiger partial charge in [-0.2, -0.15) is 8.42 Å². The minimum absolute atomic E-state index is 0.000556. The Morgan fingerprint density at radius 2 is 1.30 bits per heavy atom. The van der Waals surface area contributed by atoms with Gasteiger partial charge in [-0.25, -0.2) is 0 Å². The van der Waals surface area contributed by atoms with Crippen LogP contribution in [-0.2, 0) is 10.1 Å². The summed E-state index contributed by atoms with van der Waals surface area (Å²) in [7, 11) is -4.16. The van der Waals surface area contributed by atoms with E-state index >= 15 is 0 Å². The summed E-state index contributed by atoms with van der Waals surface area (Å²) < 4.78 is 31.6. The topological polar surface area (TPSA) is 71.4 Å². The first-order valence-corrected chi connectivity index (χ1v) is 9.74. The number of benzene rings is 4. The van der Waals surface area contributed by atoms with Crippen molar-refractivity contribution < 1.29 is 17.8 Å². The molecular formula is C22H18O4S. The Bertz CT molecular complexity index is 1220. The lowest BCUT2D eigenvalue weighted by Crippen LogP contribution is -2.01. The normalized spacial score (nSPS) is 11.0. The second kappa shape index (κ2) is 7.70. The Morgan fingerprint density at radius 1 is 0.741 bits per heavy atom. The van der Waals surface area contributed by atoms with E-state index < -0.39 is 10.1 Å². The van der Waals surface area contributed by atoms with Crippen LogP contribution in [-0.4, -0.2) is 19.3 Å². The largest absolute Gasteiger partial charge is 0.298 e. The van der Waals surface area contributed by atoms with Crippen molar-refractivity contribution in [3.05, 3.63) is 90.0 Å². The summed E-state index contributed by atoms with van der Waals surface area (Å²) in [4.78, 5) is 10.6. The lowest BCUT2D eigenvalue weighted by Gasteiger charge is -2.06. The summed E-state index contributed by atoms with van der Waals surface area (Å²) in [6.45, 7) is 1.66. The quantitative estimate of drug-likeness (QED) is 0.391. The van der Waals surface area contributed by atoms with Crippen molar-refractivity contribution in [3.8, 4) is 0 Å². The summed E-state index contributed by atoms with van der Waals surface area (Å²) in [5.41, 5.74) is 1.31. The molecule has 27 heavy (non-hydrogen) atoms. The molecular weight excluding hydrogens is 360 g/mol. The van der Waals surface area contributed by atoms with E-state index in [1.165, 1.54) is 0 Å². The Morgan fingerprint density at radius 3 is 1.93 bits per heavy atom. The summed E-state index contributed by atoms with van der Waals surface area (Å²) in [5, 5.41) is 3.49. The molecule has 0 aliphatic carbocycles. The molecule has 0 aromatic heterocycles. The maximum atomic E-state index is 11.2. The van der Waals surface area contributed by atoms with Gasteiger partial charge in [0.2, 0.25) is 0 Å². The zero-order chi connectivity index (χ0) is 19.4. The van der Waals surface area contributed by atoms with E-state index in [-0.39, 0.29) is 4.90 Å². The molecule has 0 aliphatic rings. The minimum atomic E-state index is -4.16. The summed E-state index contributed by atoms with van der Waals surface area (Å²) in [5.74, 6) is 0. The molecule has 4 aromatic carbocycles. The van der Waals surface area contributed by atoms with E-state index in [1.807, 2.05) is 60.7 Å². The van der Waals surface area contributed by atoms with E-state index in [1.54, 1.807) is 25.1 Å². The van der Waals surface area contributed by atoms with Crippen molar-refractivity contribution in [3.63, 3.8) is 0 Å². The van der Waals surface area contributed by atoms with Crippen molar-refractivity contribution in [1.82, 2.24) is 0 Å². The number of rotatable bonds is 2. The average molecular weight is 378 g/mol. The second-order valence-corrected chi connectivity index (χ2v) is 7.45. The van der Waals surface area contributed by atoms with Crippen LogP contribution in [0.3, 0.4) is 0 Å². The molecule has 136 valence electrons. The van der Waals surface area contributed by atoms with E-state index in [9.17, 15) is 13.2 Å². The van der Waals surface area contributed by atoms with Crippen LogP contribution in [0.1, 0.15) is 15.9 Å². The van der Waals surface area contributed by atoms with Crippen molar-refractivity contribution in [2.24, 2.45) is 0 Å². The minimum Gasteiger partial charge on any atom is -0.298 e. The number of aryl methyl sites for hydroxylation is 1. The summed E-state index contributed by atoms with van der Waals surface area (Å²) in [6, 6.07) is 24.2. The molecule has 0 radical (unpaired) electrons. The van der Waals surface area contributed by atoms with Gasteiger partial charge >= 0.3 is 0 Å². The van der Waals surface area contributed by atoms with Gasteiger partial charge in [0.1, 0.15) is 4.90 Å². The molecule has 0 spiro atoms. The van der Waals surface area contributed by atoms with Crippen LogP contribution in [0, 0.1) is 6.92 Å². The van der Waals surface area contributed by atoms with Crippen LogP contribution in [0.5, 0.6) is 0 Å². The fourth-order valence-corrected chi connectivity index (χ4v) is 3.99. The molecule has 0 saturated carbocycles. The smallest absolute Gasteiger partial charge is 0.295 e. The number of hydrogen-bond donors (Lipinski definition) is 1. The third-order valence-corrected chi connectivity index (χ3v) is 5.34. The molecule has 0 saturated heterocycles. The first-order chi connectivity index (χ1) is 12.9. The predicted molar refractivity (Wildman–Crippen MR) is 108 cm³/mol. The van der Waals surface area contributed by atoms with Crippen LogP contribution in [0.25, 0.3) is 21.5 Å². The zero-order valence-corrected chi connectivity index (χ0v) is 15.5. The highest BCUT2D eigenvalue weighted by atomic mass is 32.2. The van der Waals surface area contributed by atoms with Crippen LogP contribution in [0.15, 0.2) is 83.8 Å². The van der Waals surface area contributed by atoms with Gasteiger partial charge in [-0.15, -0.1) is 0 Å². The molecule has 5 heteroatoms. The Kier molecular flexibility index (Phi) is 5.35. The predicted octanol–water partition coefficient (Wildman–Crippen LogP) is 5.05. The van der Waals surface area contributed by atoms with Gasteiger partial charge in [-0.1, -0.05) is 78.9 Å². The number of carbonyl (C=O) groups excluding carboxylic acids is 1. The van der Waals surface area contributed by atoms with E-state index in [0.717, 1.165) is 28.0 Å². The van der Waals surface area contributed by atoms with E-state index in [0.29, 0.717) is 10.9 Å². The first kappa shape index (κ1) is 18.8. The van der Waals surface area contributed by atoms with Crippen molar-refractivity contribution >= 4 is 37.9 Å². The molecule has 4 rings (SSSR count). The summed E-state index contributed by atoms with van der Waals surface area (Å²) in [6.07, 6.45) is 0.891.